The first kappa shape index (κ1) is 34.9. The highest BCUT2D eigenvalue weighted by Crippen LogP contribution is 2.32. The number of allylic oxidation sites excluding steroid dienone is 7. The average molecular weight is 571 g/mol. The number of ketones is 1. The van der Waals surface area contributed by atoms with Crippen molar-refractivity contribution >= 4 is 11.4 Å². The minimum Gasteiger partial charge on any atom is -0.480 e. The fourth-order valence-electron chi connectivity index (χ4n) is 5.65. The second-order valence-corrected chi connectivity index (χ2v) is 12.8. The van der Waals surface area contributed by atoms with Gasteiger partial charge in [-0.1, -0.05) is 90.3 Å². The number of benzene rings is 1. The van der Waals surface area contributed by atoms with Crippen LogP contribution in [0.5, 0.6) is 5.88 Å². The first-order chi connectivity index (χ1) is 19.9. The van der Waals surface area contributed by atoms with Gasteiger partial charge in [0.2, 0.25) is 5.88 Å². The quantitative estimate of drug-likeness (QED) is 0.114. The summed E-state index contributed by atoms with van der Waals surface area (Å²) in [6, 6.07) is 6.85. The van der Waals surface area contributed by atoms with E-state index in [0.29, 0.717) is 34.9 Å². The number of carbonyl (C=O) groups is 1. The van der Waals surface area contributed by atoms with Crippen LogP contribution in [0.3, 0.4) is 0 Å². The van der Waals surface area contributed by atoms with Crippen LogP contribution in [0.15, 0.2) is 72.1 Å². The van der Waals surface area contributed by atoms with Gasteiger partial charge in [-0.3, -0.25) is 9.78 Å². The van der Waals surface area contributed by atoms with Crippen molar-refractivity contribution in [3.63, 3.8) is 0 Å². The Hall–Kier alpha value is -3.27. The van der Waals surface area contributed by atoms with E-state index in [2.05, 4.69) is 69.4 Å². The van der Waals surface area contributed by atoms with Crippen molar-refractivity contribution in [3.8, 4) is 5.88 Å². The summed E-state index contributed by atoms with van der Waals surface area (Å²) in [4.78, 5) is 21.7. The van der Waals surface area contributed by atoms with Gasteiger partial charge in [-0.15, -0.1) is 0 Å². The largest absolute Gasteiger partial charge is 0.480 e. The summed E-state index contributed by atoms with van der Waals surface area (Å²) < 4.78 is 5.24. The van der Waals surface area contributed by atoms with Crippen molar-refractivity contribution < 1.29 is 9.53 Å². The number of ether oxygens (including phenoxy) is 1. The normalized spacial score (nSPS) is 13.7. The Bertz CT molecular complexity index is 1290. The average Bonchev–Trinajstić information content (AvgIpc) is 2.92. The molecule has 2 aromatic rings. The molecule has 0 saturated heterocycles. The van der Waals surface area contributed by atoms with Gasteiger partial charge in [0.1, 0.15) is 0 Å². The summed E-state index contributed by atoms with van der Waals surface area (Å²) in [6.45, 7) is 21.4. The molecule has 0 radical (unpaired) electrons. The van der Waals surface area contributed by atoms with Crippen molar-refractivity contribution in [2.75, 3.05) is 7.11 Å². The lowest BCUT2D eigenvalue weighted by Gasteiger charge is -2.21. The standard InChI is InChI=1S/C38H54N2O2/c1-11-16-32(18-14-13-15-21-38(7,8)9)34-20-19-31(22-27(34)3)23-29(5)37(30(6)41)33(17-12-2)24-28(4)35-25-39-26-36(40-35)42-10/h12,17,19-20,22,24-26,32H,5,11,13-16,18,21,23H2,1-4,6-10H3/b17-12-,28-24+,37-33+. The SMILES string of the molecule is C=C(Cc1ccc(C(CCC)CCCCCC(C)(C)C)c(C)c1)/C(C(C)=O)=C(/C=C\C)\C=C(/C)c1cncc(OC)n1. The lowest BCUT2D eigenvalue weighted by molar-refractivity contribution is -0.113. The van der Waals surface area contributed by atoms with E-state index < -0.39 is 0 Å². The summed E-state index contributed by atoms with van der Waals surface area (Å²) in [5.41, 5.74) is 8.27. The molecule has 1 aromatic heterocycles. The molecule has 0 amide bonds. The fraction of sp³-hybridized carbons (Fsp3) is 0.500. The van der Waals surface area contributed by atoms with Crippen molar-refractivity contribution in [2.45, 2.75) is 113 Å². The predicted molar refractivity (Wildman–Crippen MR) is 179 cm³/mol. The summed E-state index contributed by atoms with van der Waals surface area (Å²) >= 11 is 0. The molecule has 0 aliphatic heterocycles. The van der Waals surface area contributed by atoms with Gasteiger partial charge in [-0.2, -0.15) is 0 Å². The first-order valence-electron chi connectivity index (χ1n) is 15.6. The van der Waals surface area contributed by atoms with Crippen LogP contribution >= 0.6 is 0 Å². The second kappa shape index (κ2) is 17.0. The molecule has 0 bridgehead atoms. The Labute approximate surface area is 256 Å². The van der Waals surface area contributed by atoms with E-state index in [1.165, 1.54) is 61.6 Å². The highest BCUT2D eigenvalue weighted by molar-refractivity contribution is 6.00. The number of carbonyl (C=O) groups excluding carboxylic acids is 1. The van der Waals surface area contributed by atoms with Crippen molar-refractivity contribution in [1.82, 2.24) is 9.97 Å². The van der Waals surface area contributed by atoms with Gasteiger partial charge in [0.05, 0.1) is 25.2 Å². The molecule has 1 unspecified atom stereocenters. The lowest BCUT2D eigenvalue weighted by Crippen LogP contribution is -2.07. The Morgan fingerprint density at radius 3 is 2.43 bits per heavy atom. The number of Topliss-reactive ketones (excluding diaryl/α,β-unsaturated/α-hetero) is 1. The number of aromatic nitrogens is 2. The number of hydrogen-bond acceptors (Lipinski definition) is 4. The van der Waals surface area contributed by atoms with Gasteiger partial charge >= 0.3 is 0 Å². The van der Waals surface area contributed by atoms with Crippen LogP contribution in [0.25, 0.3) is 5.57 Å². The Balaban J connectivity index is 2.28. The lowest BCUT2D eigenvalue weighted by atomic mass is 9.84. The molecule has 0 saturated carbocycles. The molecule has 1 aromatic carbocycles. The van der Waals surface area contributed by atoms with Gasteiger partial charge in [-0.05, 0) is 104 Å². The Morgan fingerprint density at radius 2 is 1.83 bits per heavy atom. The molecule has 1 atom stereocenters. The Kier molecular flexibility index (Phi) is 14.1. The van der Waals surface area contributed by atoms with Crippen LogP contribution in [0.1, 0.15) is 122 Å². The molecule has 0 aliphatic carbocycles. The van der Waals surface area contributed by atoms with Crippen LogP contribution in [0, 0.1) is 12.3 Å². The van der Waals surface area contributed by atoms with Gasteiger partial charge in [-0.25, -0.2) is 4.98 Å². The number of rotatable bonds is 16. The number of methoxy groups -OCH3 is 1. The summed E-state index contributed by atoms with van der Waals surface area (Å²) in [5.74, 6) is 1.05. The summed E-state index contributed by atoms with van der Waals surface area (Å²) in [5, 5.41) is 0. The topological polar surface area (TPSA) is 52.1 Å². The van der Waals surface area contributed by atoms with Crippen molar-refractivity contribution in [2.24, 2.45) is 5.41 Å². The molecule has 0 fully saturated rings. The summed E-state index contributed by atoms with van der Waals surface area (Å²) in [6.07, 6.45) is 18.6. The van der Waals surface area contributed by atoms with Crippen molar-refractivity contribution in [1.29, 1.82) is 0 Å². The number of aryl methyl sites for hydroxylation is 1. The molecule has 4 heteroatoms. The van der Waals surface area contributed by atoms with E-state index in [1.807, 2.05) is 32.1 Å². The maximum Gasteiger partial charge on any atom is 0.232 e. The van der Waals surface area contributed by atoms with Gasteiger partial charge in [0.25, 0.3) is 0 Å². The minimum atomic E-state index is -0.00307. The summed E-state index contributed by atoms with van der Waals surface area (Å²) in [7, 11) is 1.57. The van der Waals surface area contributed by atoms with E-state index in [4.69, 9.17) is 4.74 Å². The van der Waals surface area contributed by atoms with E-state index in [9.17, 15) is 4.79 Å². The molecule has 42 heavy (non-hydrogen) atoms. The zero-order valence-corrected chi connectivity index (χ0v) is 27.8. The zero-order chi connectivity index (χ0) is 31.3. The van der Waals surface area contributed by atoms with Crippen molar-refractivity contribution in [3.05, 3.63) is 94.5 Å². The monoisotopic (exact) mass is 570 g/mol. The molecular formula is C38H54N2O2. The fourth-order valence-corrected chi connectivity index (χ4v) is 5.65. The van der Waals surface area contributed by atoms with Gasteiger partial charge in [0.15, 0.2) is 5.78 Å². The maximum atomic E-state index is 13.0. The Morgan fingerprint density at radius 1 is 1.10 bits per heavy atom. The van der Waals surface area contributed by atoms with E-state index in [0.717, 1.165) is 16.7 Å². The van der Waals surface area contributed by atoms with E-state index in [-0.39, 0.29) is 5.78 Å². The van der Waals surface area contributed by atoms with Crippen LogP contribution in [-0.2, 0) is 11.2 Å². The molecule has 0 spiro atoms. The van der Waals surface area contributed by atoms with Gasteiger partial charge < -0.3 is 4.74 Å². The molecule has 2 rings (SSSR count). The predicted octanol–water partition coefficient (Wildman–Crippen LogP) is 10.3. The van der Waals surface area contributed by atoms with Crippen LogP contribution in [-0.4, -0.2) is 22.9 Å². The number of hydrogen-bond donors (Lipinski definition) is 0. The van der Waals surface area contributed by atoms with E-state index in [1.54, 1.807) is 26.4 Å². The smallest absolute Gasteiger partial charge is 0.232 e. The number of nitrogens with zero attached hydrogens (tertiary/aromatic N) is 2. The third kappa shape index (κ3) is 11.2. The van der Waals surface area contributed by atoms with Crippen LogP contribution in [0.2, 0.25) is 0 Å². The van der Waals surface area contributed by atoms with E-state index >= 15 is 0 Å². The van der Waals surface area contributed by atoms with Crippen LogP contribution in [0.4, 0.5) is 0 Å². The second-order valence-electron chi connectivity index (χ2n) is 12.8. The minimum absolute atomic E-state index is 0.00307. The molecule has 228 valence electrons. The van der Waals surface area contributed by atoms with Gasteiger partial charge in [0, 0.05) is 5.57 Å². The molecule has 0 aliphatic rings. The molecule has 4 nitrogen and oxygen atoms in total. The first-order valence-corrected chi connectivity index (χ1v) is 15.6. The zero-order valence-electron chi connectivity index (χ0n) is 27.8. The van der Waals surface area contributed by atoms with Crippen LogP contribution < -0.4 is 4.74 Å². The maximum absolute atomic E-state index is 13.0. The molecule has 0 N–H and O–H groups in total. The highest BCUT2D eigenvalue weighted by Gasteiger charge is 2.17. The third-order valence-corrected chi connectivity index (χ3v) is 7.75. The molecule has 1 heterocycles. The highest BCUT2D eigenvalue weighted by atomic mass is 16.5. The number of unbranched alkanes of at least 4 members (excludes halogenated alkanes) is 2. The molecular weight excluding hydrogens is 516 g/mol. The third-order valence-electron chi connectivity index (χ3n) is 7.75.